The van der Waals surface area contributed by atoms with E-state index in [1.54, 1.807) is 6.08 Å². The molecule has 1 aliphatic rings. The number of allylic oxidation sites excluding steroid dienone is 1. The van der Waals surface area contributed by atoms with Gasteiger partial charge in [-0.25, -0.2) is 0 Å². The fraction of sp³-hybridized carbons (Fsp3) is 0.167. The highest BCUT2D eigenvalue weighted by Crippen LogP contribution is 2.37. The molecule has 2 aromatic carbocycles. The molecule has 0 amide bonds. The molecule has 0 spiro atoms. The van der Waals surface area contributed by atoms with Crippen molar-refractivity contribution in [2.24, 2.45) is 0 Å². The van der Waals surface area contributed by atoms with Crippen molar-refractivity contribution < 1.29 is 4.79 Å². The van der Waals surface area contributed by atoms with Crippen LogP contribution in [-0.2, 0) is 10.2 Å². The topological polar surface area (TPSA) is 29.1 Å². The summed E-state index contributed by atoms with van der Waals surface area (Å²) in [5.41, 5.74) is 1.23. The minimum absolute atomic E-state index is 0.109. The molecule has 106 valence electrons. The Hall–Kier alpha value is -2.06. The van der Waals surface area contributed by atoms with E-state index >= 15 is 0 Å². The van der Waals surface area contributed by atoms with Crippen LogP contribution in [0, 0.1) is 0 Å². The zero-order valence-corrected chi connectivity index (χ0v) is 12.5. The lowest BCUT2D eigenvalue weighted by molar-refractivity contribution is -0.118. The molecule has 0 aromatic heterocycles. The summed E-state index contributed by atoms with van der Waals surface area (Å²) in [5, 5.41) is 4.04. The maximum absolute atomic E-state index is 12.4. The van der Waals surface area contributed by atoms with Crippen molar-refractivity contribution in [2.45, 2.75) is 18.4 Å². The van der Waals surface area contributed by atoms with E-state index < -0.39 is 5.41 Å². The number of benzene rings is 2. The molecule has 2 atom stereocenters. The Morgan fingerprint density at radius 1 is 1.05 bits per heavy atom. The molecule has 0 aliphatic heterocycles. The number of para-hydroxylation sites is 1. The van der Waals surface area contributed by atoms with Gasteiger partial charge in [-0.2, -0.15) is 0 Å². The van der Waals surface area contributed by atoms with Gasteiger partial charge in [-0.3, -0.25) is 4.79 Å². The number of halogens is 1. The van der Waals surface area contributed by atoms with Gasteiger partial charge in [-0.1, -0.05) is 60.1 Å². The highest BCUT2D eigenvalue weighted by Gasteiger charge is 2.44. The molecule has 2 aromatic rings. The Balaban J connectivity index is 1.97. The Bertz CT molecular complexity index is 695. The lowest BCUT2D eigenvalue weighted by Crippen LogP contribution is -2.42. The predicted molar refractivity (Wildman–Crippen MR) is 86.8 cm³/mol. The highest BCUT2D eigenvalue weighted by atomic mass is 35.5. The van der Waals surface area contributed by atoms with E-state index in [9.17, 15) is 4.79 Å². The summed E-state index contributed by atoms with van der Waals surface area (Å²) in [5.74, 6) is 0.109. The van der Waals surface area contributed by atoms with Gasteiger partial charge in [0.1, 0.15) is 0 Å². The fourth-order valence-electron chi connectivity index (χ4n) is 2.75. The molecule has 0 heterocycles. The standard InChI is InChI=1S/C18H16ClNO/c1-18(13-7-3-2-4-8-13)16(11-12-17(18)21)20-15-10-6-5-9-14(15)19/h2-12,16,20H,1H3/t16-,18-/m1/s1. The van der Waals surface area contributed by atoms with Crippen molar-refractivity contribution >= 4 is 23.1 Å². The van der Waals surface area contributed by atoms with E-state index in [1.807, 2.05) is 67.6 Å². The Morgan fingerprint density at radius 3 is 2.43 bits per heavy atom. The molecule has 0 saturated heterocycles. The van der Waals surface area contributed by atoms with Crippen LogP contribution in [0.3, 0.4) is 0 Å². The summed E-state index contributed by atoms with van der Waals surface area (Å²) < 4.78 is 0. The predicted octanol–water partition coefficient (Wildman–Crippen LogP) is 4.22. The molecule has 2 nitrogen and oxygen atoms in total. The van der Waals surface area contributed by atoms with Crippen LogP contribution in [0.15, 0.2) is 66.7 Å². The van der Waals surface area contributed by atoms with Gasteiger partial charge in [0, 0.05) is 0 Å². The monoisotopic (exact) mass is 297 g/mol. The zero-order valence-electron chi connectivity index (χ0n) is 11.7. The number of hydrogen-bond acceptors (Lipinski definition) is 2. The highest BCUT2D eigenvalue weighted by molar-refractivity contribution is 6.33. The quantitative estimate of drug-likeness (QED) is 0.919. The second kappa shape index (κ2) is 5.38. The summed E-state index contributed by atoms with van der Waals surface area (Å²) in [7, 11) is 0. The number of rotatable bonds is 3. The fourth-order valence-corrected chi connectivity index (χ4v) is 2.94. The first-order valence-electron chi connectivity index (χ1n) is 6.91. The van der Waals surface area contributed by atoms with Crippen LogP contribution in [0.5, 0.6) is 0 Å². The second-order valence-corrected chi connectivity index (χ2v) is 5.80. The lowest BCUT2D eigenvalue weighted by atomic mass is 9.76. The van der Waals surface area contributed by atoms with Crippen LogP contribution in [-0.4, -0.2) is 11.8 Å². The average Bonchev–Trinajstić information content (AvgIpc) is 2.80. The van der Waals surface area contributed by atoms with E-state index in [1.165, 1.54) is 0 Å². The van der Waals surface area contributed by atoms with Crippen LogP contribution in [0.25, 0.3) is 0 Å². The van der Waals surface area contributed by atoms with Crippen molar-refractivity contribution in [1.82, 2.24) is 0 Å². The third-order valence-electron chi connectivity index (χ3n) is 4.13. The van der Waals surface area contributed by atoms with Gasteiger partial charge in [0.05, 0.1) is 22.2 Å². The Morgan fingerprint density at radius 2 is 1.71 bits per heavy atom. The third kappa shape index (κ3) is 2.36. The lowest BCUT2D eigenvalue weighted by Gasteiger charge is -2.32. The van der Waals surface area contributed by atoms with Crippen molar-refractivity contribution in [1.29, 1.82) is 0 Å². The summed E-state index contributed by atoms with van der Waals surface area (Å²) in [6.45, 7) is 1.97. The van der Waals surface area contributed by atoms with E-state index in [2.05, 4.69) is 5.32 Å². The summed E-state index contributed by atoms with van der Waals surface area (Å²) in [4.78, 5) is 12.4. The summed E-state index contributed by atoms with van der Waals surface area (Å²) >= 11 is 6.21. The maximum atomic E-state index is 12.4. The van der Waals surface area contributed by atoms with E-state index in [0.717, 1.165) is 11.3 Å². The molecule has 3 rings (SSSR count). The van der Waals surface area contributed by atoms with Crippen LogP contribution < -0.4 is 5.32 Å². The number of carbonyl (C=O) groups excluding carboxylic acids is 1. The Labute approximate surface area is 129 Å². The van der Waals surface area contributed by atoms with Gasteiger partial charge in [0.15, 0.2) is 5.78 Å². The van der Waals surface area contributed by atoms with Crippen LogP contribution in [0.2, 0.25) is 5.02 Å². The van der Waals surface area contributed by atoms with Crippen molar-refractivity contribution in [3.8, 4) is 0 Å². The SMILES string of the molecule is C[C@]1(c2ccccc2)C(=O)C=C[C@H]1Nc1ccccc1Cl. The maximum Gasteiger partial charge on any atom is 0.168 e. The normalized spacial score (nSPS) is 24.3. The smallest absolute Gasteiger partial charge is 0.168 e. The molecule has 0 unspecified atom stereocenters. The van der Waals surface area contributed by atoms with E-state index in [0.29, 0.717) is 5.02 Å². The van der Waals surface area contributed by atoms with Crippen LogP contribution >= 0.6 is 11.6 Å². The zero-order chi connectivity index (χ0) is 14.9. The molecule has 0 radical (unpaired) electrons. The van der Waals surface area contributed by atoms with Gasteiger partial charge in [0.25, 0.3) is 0 Å². The van der Waals surface area contributed by atoms with Crippen LogP contribution in [0.1, 0.15) is 12.5 Å². The van der Waals surface area contributed by atoms with E-state index in [-0.39, 0.29) is 11.8 Å². The van der Waals surface area contributed by atoms with Gasteiger partial charge < -0.3 is 5.32 Å². The third-order valence-corrected chi connectivity index (χ3v) is 4.46. The van der Waals surface area contributed by atoms with Gasteiger partial charge in [-0.15, -0.1) is 0 Å². The Kier molecular flexibility index (Phi) is 3.56. The van der Waals surface area contributed by atoms with Gasteiger partial charge in [-0.05, 0) is 30.7 Å². The van der Waals surface area contributed by atoms with Crippen molar-refractivity contribution in [2.75, 3.05) is 5.32 Å². The van der Waals surface area contributed by atoms with E-state index in [4.69, 9.17) is 11.6 Å². The molecule has 3 heteroatoms. The number of carbonyl (C=O) groups is 1. The summed E-state index contributed by atoms with van der Waals surface area (Å²) in [6.07, 6.45) is 3.57. The van der Waals surface area contributed by atoms with Crippen molar-refractivity contribution in [3.63, 3.8) is 0 Å². The van der Waals surface area contributed by atoms with Crippen LogP contribution in [0.4, 0.5) is 5.69 Å². The minimum atomic E-state index is -0.611. The first-order chi connectivity index (χ1) is 10.1. The minimum Gasteiger partial charge on any atom is -0.376 e. The molecular formula is C18H16ClNO. The molecule has 1 aliphatic carbocycles. The summed E-state index contributed by atoms with van der Waals surface area (Å²) in [6, 6.07) is 17.3. The number of nitrogens with one attached hydrogen (secondary N) is 1. The largest absolute Gasteiger partial charge is 0.376 e. The molecule has 0 bridgehead atoms. The molecule has 0 saturated carbocycles. The molecule has 0 fully saturated rings. The first kappa shape index (κ1) is 13.9. The molecular weight excluding hydrogens is 282 g/mol. The second-order valence-electron chi connectivity index (χ2n) is 5.39. The number of ketones is 1. The molecule has 1 N–H and O–H groups in total. The molecule has 21 heavy (non-hydrogen) atoms. The number of anilines is 1. The average molecular weight is 298 g/mol. The first-order valence-corrected chi connectivity index (χ1v) is 7.29. The van der Waals surface area contributed by atoms with Gasteiger partial charge >= 0.3 is 0 Å². The van der Waals surface area contributed by atoms with Gasteiger partial charge in [0.2, 0.25) is 0 Å². The van der Waals surface area contributed by atoms with Crippen molar-refractivity contribution in [3.05, 3.63) is 77.3 Å². The number of hydrogen-bond donors (Lipinski definition) is 1.